The van der Waals surface area contributed by atoms with Crippen LogP contribution >= 0.6 is 11.6 Å². The lowest BCUT2D eigenvalue weighted by Gasteiger charge is -2.10. The number of fused-ring (bicyclic) bond motifs is 2. The summed E-state index contributed by atoms with van der Waals surface area (Å²) in [6.45, 7) is 0. The normalized spacial score (nSPS) is 17.3. The van der Waals surface area contributed by atoms with Crippen LogP contribution in [0.4, 0.5) is 0 Å². The number of hydrogen-bond donors (Lipinski definition) is 1. The van der Waals surface area contributed by atoms with Crippen LogP contribution in [-0.2, 0) is 6.42 Å². The minimum Gasteiger partial charge on any atom is -0.456 e. The van der Waals surface area contributed by atoms with Gasteiger partial charge in [0, 0.05) is 22.0 Å². The number of furan rings is 1. The lowest BCUT2D eigenvalue weighted by molar-refractivity contribution is 0.590. The molecule has 0 spiro atoms. The van der Waals surface area contributed by atoms with E-state index in [0.29, 0.717) is 6.04 Å². The molecule has 0 amide bonds. The van der Waals surface area contributed by atoms with Gasteiger partial charge in [-0.1, -0.05) is 29.8 Å². The molecule has 1 atom stereocenters. The zero-order valence-electron chi connectivity index (χ0n) is 11.8. The SMILES string of the molecule is CNC1CCc2c(-c3cc4cc(Cl)ccc4o3)cccc21. The summed E-state index contributed by atoms with van der Waals surface area (Å²) in [6, 6.07) is 14.8. The Labute approximate surface area is 128 Å². The fraction of sp³-hybridized carbons (Fsp3) is 0.222. The lowest BCUT2D eigenvalue weighted by atomic mass is 10.0. The van der Waals surface area contributed by atoms with Gasteiger partial charge in [-0.2, -0.15) is 0 Å². The molecule has 21 heavy (non-hydrogen) atoms. The Bertz CT molecular complexity index is 821. The Hall–Kier alpha value is -1.77. The first-order valence-corrected chi connectivity index (χ1v) is 7.62. The molecule has 0 aliphatic heterocycles. The molecule has 0 saturated carbocycles. The third kappa shape index (κ3) is 2.06. The third-order valence-corrected chi connectivity index (χ3v) is 4.60. The van der Waals surface area contributed by atoms with Gasteiger partial charge in [0.15, 0.2) is 0 Å². The molecule has 0 bridgehead atoms. The number of hydrogen-bond acceptors (Lipinski definition) is 2. The zero-order valence-corrected chi connectivity index (χ0v) is 12.6. The molecule has 3 aromatic rings. The molecule has 0 saturated heterocycles. The van der Waals surface area contributed by atoms with E-state index in [1.54, 1.807) is 0 Å². The third-order valence-electron chi connectivity index (χ3n) is 4.36. The van der Waals surface area contributed by atoms with Crippen LogP contribution in [-0.4, -0.2) is 7.05 Å². The molecular weight excluding hydrogens is 282 g/mol. The van der Waals surface area contributed by atoms with Crippen LogP contribution in [0.5, 0.6) is 0 Å². The van der Waals surface area contributed by atoms with E-state index in [4.69, 9.17) is 16.0 Å². The van der Waals surface area contributed by atoms with Gasteiger partial charge in [0.1, 0.15) is 11.3 Å². The van der Waals surface area contributed by atoms with E-state index >= 15 is 0 Å². The number of rotatable bonds is 2. The molecule has 3 heteroatoms. The molecule has 0 fully saturated rings. The van der Waals surface area contributed by atoms with Crippen LogP contribution in [0.25, 0.3) is 22.3 Å². The fourth-order valence-corrected chi connectivity index (χ4v) is 3.51. The van der Waals surface area contributed by atoms with Gasteiger partial charge in [0.25, 0.3) is 0 Å². The molecule has 1 aliphatic carbocycles. The van der Waals surface area contributed by atoms with Crippen molar-refractivity contribution in [1.29, 1.82) is 0 Å². The summed E-state index contributed by atoms with van der Waals surface area (Å²) >= 11 is 6.06. The largest absolute Gasteiger partial charge is 0.456 e. The molecular formula is C18H16ClNO. The van der Waals surface area contributed by atoms with Crippen molar-refractivity contribution >= 4 is 22.6 Å². The van der Waals surface area contributed by atoms with Crippen LogP contribution in [0, 0.1) is 0 Å². The van der Waals surface area contributed by atoms with Crippen molar-refractivity contribution in [1.82, 2.24) is 5.32 Å². The highest BCUT2D eigenvalue weighted by molar-refractivity contribution is 6.31. The Morgan fingerprint density at radius 3 is 2.95 bits per heavy atom. The number of halogens is 1. The van der Waals surface area contributed by atoms with Gasteiger partial charge < -0.3 is 9.73 Å². The smallest absolute Gasteiger partial charge is 0.135 e. The second-order valence-corrected chi connectivity index (χ2v) is 5.98. The minimum atomic E-state index is 0.457. The summed E-state index contributed by atoms with van der Waals surface area (Å²) in [7, 11) is 2.02. The van der Waals surface area contributed by atoms with Crippen molar-refractivity contribution in [2.75, 3.05) is 7.05 Å². The molecule has 1 heterocycles. The van der Waals surface area contributed by atoms with E-state index in [0.717, 1.165) is 34.6 Å². The maximum absolute atomic E-state index is 6.06. The molecule has 2 aromatic carbocycles. The van der Waals surface area contributed by atoms with Crippen LogP contribution in [0.2, 0.25) is 5.02 Å². The highest BCUT2D eigenvalue weighted by atomic mass is 35.5. The van der Waals surface area contributed by atoms with Crippen molar-refractivity contribution in [2.45, 2.75) is 18.9 Å². The quantitative estimate of drug-likeness (QED) is 0.723. The van der Waals surface area contributed by atoms with Crippen LogP contribution in [0.1, 0.15) is 23.6 Å². The van der Waals surface area contributed by atoms with Crippen molar-refractivity contribution in [2.24, 2.45) is 0 Å². The van der Waals surface area contributed by atoms with Gasteiger partial charge in [0.05, 0.1) is 0 Å². The fourth-order valence-electron chi connectivity index (χ4n) is 3.33. The summed E-state index contributed by atoms with van der Waals surface area (Å²) in [6.07, 6.45) is 2.24. The highest BCUT2D eigenvalue weighted by Gasteiger charge is 2.24. The van der Waals surface area contributed by atoms with Crippen LogP contribution in [0.15, 0.2) is 46.9 Å². The van der Waals surface area contributed by atoms with Gasteiger partial charge >= 0.3 is 0 Å². The monoisotopic (exact) mass is 297 g/mol. The van der Waals surface area contributed by atoms with Gasteiger partial charge in [-0.25, -0.2) is 0 Å². The predicted octanol–water partition coefficient (Wildman–Crippen LogP) is 4.96. The zero-order chi connectivity index (χ0) is 14.4. The first-order valence-electron chi connectivity index (χ1n) is 7.25. The summed E-state index contributed by atoms with van der Waals surface area (Å²) in [4.78, 5) is 0. The van der Waals surface area contributed by atoms with Gasteiger partial charge in [0.2, 0.25) is 0 Å². The second-order valence-electron chi connectivity index (χ2n) is 5.55. The summed E-state index contributed by atoms with van der Waals surface area (Å²) < 4.78 is 6.02. The van der Waals surface area contributed by atoms with Gasteiger partial charge in [-0.15, -0.1) is 0 Å². The Kier molecular flexibility index (Phi) is 3.02. The first-order chi connectivity index (χ1) is 10.3. The number of benzene rings is 2. The molecule has 4 rings (SSSR count). The van der Waals surface area contributed by atoms with Crippen molar-refractivity contribution in [3.8, 4) is 11.3 Å². The molecule has 1 aliphatic rings. The summed E-state index contributed by atoms with van der Waals surface area (Å²) in [5.41, 5.74) is 4.89. The molecule has 1 N–H and O–H groups in total. The van der Waals surface area contributed by atoms with E-state index in [2.05, 4.69) is 29.6 Å². The van der Waals surface area contributed by atoms with E-state index < -0.39 is 0 Å². The molecule has 1 unspecified atom stereocenters. The Morgan fingerprint density at radius 1 is 1.19 bits per heavy atom. The number of nitrogens with one attached hydrogen (secondary N) is 1. The maximum atomic E-state index is 6.06. The minimum absolute atomic E-state index is 0.457. The van der Waals surface area contributed by atoms with Crippen LogP contribution in [0.3, 0.4) is 0 Å². The molecule has 2 nitrogen and oxygen atoms in total. The lowest BCUT2D eigenvalue weighted by Crippen LogP contribution is -2.12. The average molecular weight is 298 g/mol. The topological polar surface area (TPSA) is 25.2 Å². The average Bonchev–Trinajstić information content (AvgIpc) is 3.09. The molecule has 106 valence electrons. The van der Waals surface area contributed by atoms with E-state index in [1.165, 1.54) is 16.7 Å². The Balaban J connectivity index is 1.88. The van der Waals surface area contributed by atoms with E-state index in [9.17, 15) is 0 Å². The standard InChI is InChI=1S/C18H16ClNO/c1-20-16-7-6-13-14(16)3-2-4-15(13)18-10-11-9-12(19)5-8-17(11)21-18/h2-5,8-10,16,20H,6-7H2,1H3. The first kappa shape index (κ1) is 12.9. The molecule has 1 aromatic heterocycles. The second kappa shape index (κ2) is 4.90. The highest BCUT2D eigenvalue weighted by Crippen LogP contribution is 2.39. The Morgan fingerprint density at radius 2 is 2.10 bits per heavy atom. The van der Waals surface area contributed by atoms with Crippen molar-refractivity contribution < 1.29 is 4.42 Å². The predicted molar refractivity (Wildman–Crippen MR) is 86.8 cm³/mol. The van der Waals surface area contributed by atoms with Crippen molar-refractivity contribution in [3.63, 3.8) is 0 Å². The van der Waals surface area contributed by atoms with Crippen LogP contribution < -0.4 is 5.32 Å². The summed E-state index contributed by atoms with van der Waals surface area (Å²) in [5, 5.41) is 5.18. The van der Waals surface area contributed by atoms with Gasteiger partial charge in [-0.3, -0.25) is 0 Å². The van der Waals surface area contributed by atoms with Crippen molar-refractivity contribution in [3.05, 3.63) is 58.6 Å². The van der Waals surface area contributed by atoms with Gasteiger partial charge in [-0.05, 0) is 55.3 Å². The molecule has 0 radical (unpaired) electrons. The van der Waals surface area contributed by atoms with E-state index in [1.807, 2.05) is 25.2 Å². The van der Waals surface area contributed by atoms with E-state index in [-0.39, 0.29) is 0 Å². The maximum Gasteiger partial charge on any atom is 0.135 e. The summed E-state index contributed by atoms with van der Waals surface area (Å²) in [5.74, 6) is 0.931.